The number of nitrogens with one attached hydrogen (secondary N) is 1. The van der Waals surface area contributed by atoms with E-state index in [1.807, 2.05) is 12.2 Å². The lowest BCUT2D eigenvalue weighted by molar-refractivity contribution is -0.123. The van der Waals surface area contributed by atoms with E-state index in [0.29, 0.717) is 16.4 Å². The fourth-order valence-corrected chi connectivity index (χ4v) is 5.00. The van der Waals surface area contributed by atoms with E-state index < -0.39 is 18.5 Å². The van der Waals surface area contributed by atoms with Gasteiger partial charge in [0.05, 0.1) is 23.1 Å². The van der Waals surface area contributed by atoms with Crippen molar-refractivity contribution >= 4 is 46.7 Å². The molecule has 0 radical (unpaired) electrons. The summed E-state index contributed by atoms with van der Waals surface area (Å²) in [6.07, 6.45) is 4.91. The Labute approximate surface area is 189 Å². The number of allylic oxidation sites excluding steroid dienone is 2. The number of benzene rings is 2. The van der Waals surface area contributed by atoms with Crippen LogP contribution in [0.2, 0.25) is 5.02 Å². The monoisotopic (exact) mass is 450 g/mol. The number of fused-ring (bicyclic) bond motifs is 5. The molecule has 1 saturated heterocycles. The first-order chi connectivity index (χ1) is 15.4. The molecule has 2 aromatic rings. The van der Waals surface area contributed by atoms with Crippen LogP contribution in [0.25, 0.3) is 0 Å². The molecular formula is C24H19ClN2O5. The van der Waals surface area contributed by atoms with E-state index in [2.05, 4.69) is 5.32 Å². The lowest BCUT2D eigenvalue weighted by Gasteiger charge is -2.18. The summed E-state index contributed by atoms with van der Waals surface area (Å²) >= 11 is 5.81. The molecule has 5 rings (SSSR count). The van der Waals surface area contributed by atoms with Gasteiger partial charge in [-0.2, -0.15) is 0 Å². The van der Waals surface area contributed by atoms with E-state index in [9.17, 15) is 19.2 Å². The quantitative estimate of drug-likeness (QED) is 0.428. The average molecular weight is 451 g/mol. The Kier molecular flexibility index (Phi) is 5.06. The summed E-state index contributed by atoms with van der Waals surface area (Å²) in [4.78, 5) is 51.6. The fraction of sp³-hybridized carbons (Fsp3) is 0.250. The third-order valence-electron chi connectivity index (χ3n) is 6.27. The Balaban J connectivity index is 1.25. The summed E-state index contributed by atoms with van der Waals surface area (Å²) < 4.78 is 5.10. The summed E-state index contributed by atoms with van der Waals surface area (Å²) in [5.41, 5.74) is 1.02. The molecular weight excluding hydrogens is 432 g/mol. The Morgan fingerprint density at radius 2 is 1.66 bits per heavy atom. The maximum atomic E-state index is 13.0. The molecule has 2 fully saturated rings. The zero-order valence-electron chi connectivity index (χ0n) is 16.9. The molecule has 3 amide bonds. The van der Waals surface area contributed by atoms with Gasteiger partial charge in [0.2, 0.25) is 11.8 Å². The number of hydrogen-bond acceptors (Lipinski definition) is 5. The van der Waals surface area contributed by atoms with Gasteiger partial charge in [-0.05, 0) is 60.7 Å². The maximum absolute atomic E-state index is 13.0. The van der Waals surface area contributed by atoms with Gasteiger partial charge in [0.15, 0.2) is 6.61 Å². The number of anilines is 2. The number of ether oxygens (including phenoxy) is 1. The second kappa shape index (κ2) is 7.91. The summed E-state index contributed by atoms with van der Waals surface area (Å²) in [6.45, 7) is -0.480. The molecule has 32 heavy (non-hydrogen) atoms. The highest BCUT2D eigenvalue weighted by atomic mass is 35.5. The van der Waals surface area contributed by atoms with Crippen LogP contribution in [0.5, 0.6) is 0 Å². The first-order valence-corrected chi connectivity index (χ1v) is 10.7. The number of carbonyl (C=O) groups is 4. The highest BCUT2D eigenvalue weighted by Crippen LogP contribution is 2.53. The highest BCUT2D eigenvalue weighted by molar-refractivity contribution is 6.30. The van der Waals surface area contributed by atoms with Gasteiger partial charge >= 0.3 is 5.97 Å². The fourth-order valence-electron chi connectivity index (χ4n) is 4.87. The first kappa shape index (κ1) is 20.5. The molecule has 3 aliphatic rings. The van der Waals surface area contributed by atoms with Crippen LogP contribution >= 0.6 is 11.6 Å². The zero-order chi connectivity index (χ0) is 22.4. The minimum Gasteiger partial charge on any atom is -0.452 e. The number of carbonyl (C=O) groups excluding carboxylic acids is 4. The average Bonchev–Trinajstić information content (AvgIpc) is 3.47. The summed E-state index contributed by atoms with van der Waals surface area (Å²) in [6, 6.07) is 12.7. The van der Waals surface area contributed by atoms with Gasteiger partial charge in [-0.1, -0.05) is 29.8 Å². The molecule has 1 saturated carbocycles. The van der Waals surface area contributed by atoms with Crippen LogP contribution in [0.1, 0.15) is 16.8 Å². The SMILES string of the molecule is O=C(COC(=O)c1cccc(N2C(=O)[C@@H]3[C@@H](C2=O)[C@H]2C=C[C@H]3C2)c1)Nc1ccc(Cl)cc1. The Bertz CT molecular complexity index is 1130. The third-order valence-corrected chi connectivity index (χ3v) is 6.52. The number of esters is 1. The van der Waals surface area contributed by atoms with Crippen LogP contribution in [-0.4, -0.2) is 30.3 Å². The van der Waals surface area contributed by atoms with Gasteiger partial charge in [0, 0.05) is 10.7 Å². The van der Waals surface area contributed by atoms with Crippen LogP contribution < -0.4 is 10.2 Å². The summed E-state index contributed by atoms with van der Waals surface area (Å²) in [5.74, 6) is -2.07. The van der Waals surface area contributed by atoms with Crippen LogP contribution in [0.3, 0.4) is 0 Å². The smallest absolute Gasteiger partial charge is 0.338 e. The second-order valence-corrected chi connectivity index (χ2v) is 8.63. The molecule has 0 spiro atoms. The molecule has 0 aromatic heterocycles. The Hall–Kier alpha value is -3.45. The number of amides is 3. The standard InChI is InChI=1S/C24H19ClN2O5/c25-16-6-8-17(9-7-16)26-19(28)12-32-24(31)15-2-1-3-18(11-15)27-22(29)20-13-4-5-14(10-13)21(20)23(27)30/h1-9,11,13-14,20-21H,10,12H2,(H,26,28)/t13-,14-,20-,21-/m0/s1. The largest absolute Gasteiger partial charge is 0.452 e. The molecule has 0 unspecified atom stereocenters. The van der Waals surface area contributed by atoms with Crippen LogP contribution in [0.15, 0.2) is 60.7 Å². The van der Waals surface area contributed by atoms with Crippen molar-refractivity contribution in [2.45, 2.75) is 6.42 Å². The molecule has 2 aliphatic carbocycles. The number of imide groups is 1. The van der Waals surface area contributed by atoms with Crippen molar-refractivity contribution in [1.29, 1.82) is 0 Å². The lowest BCUT2D eigenvalue weighted by Crippen LogP contribution is -2.33. The van der Waals surface area contributed by atoms with Crippen molar-refractivity contribution in [3.63, 3.8) is 0 Å². The number of rotatable bonds is 5. The Morgan fingerprint density at radius 1 is 1.00 bits per heavy atom. The summed E-state index contributed by atoms with van der Waals surface area (Å²) in [5, 5.41) is 3.14. The second-order valence-electron chi connectivity index (χ2n) is 8.19. The molecule has 1 heterocycles. The van der Waals surface area contributed by atoms with E-state index in [4.69, 9.17) is 16.3 Å². The minimum absolute atomic E-state index is 0.110. The maximum Gasteiger partial charge on any atom is 0.338 e. The molecule has 1 aliphatic heterocycles. The van der Waals surface area contributed by atoms with Crippen molar-refractivity contribution in [3.05, 3.63) is 71.3 Å². The van der Waals surface area contributed by atoms with Gasteiger partial charge in [-0.3, -0.25) is 14.4 Å². The molecule has 2 aromatic carbocycles. The van der Waals surface area contributed by atoms with Gasteiger partial charge in [0.1, 0.15) is 0 Å². The van der Waals surface area contributed by atoms with E-state index in [1.54, 1.807) is 36.4 Å². The lowest BCUT2D eigenvalue weighted by atomic mass is 9.85. The minimum atomic E-state index is -0.723. The van der Waals surface area contributed by atoms with Crippen molar-refractivity contribution in [2.24, 2.45) is 23.7 Å². The molecule has 162 valence electrons. The normalized spacial score (nSPS) is 25.2. The van der Waals surface area contributed by atoms with Gasteiger partial charge in [-0.15, -0.1) is 0 Å². The predicted octanol–water partition coefficient (Wildman–Crippen LogP) is 3.45. The van der Waals surface area contributed by atoms with Gasteiger partial charge in [0.25, 0.3) is 5.91 Å². The van der Waals surface area contributed by atoms with E-state index in [1.165, 1.54) is 17.0 Å². The van der Waals surface area contributed by atoms with Crippen molar-refractivity contribution in [2.75, 3.05) is 16.8 Å². The predicted molar refractivity (Wildman–Crippen MR) is 117 cm³/mol. The molecule has 1 N–H and O–H groups in total. The number of halogens is 1. The van der Waals surface area contributed by atoms with Gasteiger partial charge in [-0.25, -0.2) is 9.69 Å². The Morgan fingerprint density at radius 3 is 2.31 bits per heavy atom. The zero-order valence-corrected chi connectivity index (χ0v) is 17.6. The van der Waals surface area contributed by atoms with Crippen molar-refractivity contribution in [1.82, 2.24) is 0 Å². The van der Waals surface area contributed by atoms with E-state index in [-0.39, 0.29) is 41.0 Å². The van der Waals surface area contributed by atoms with E-state index >= 15 is 0 Å². The first-order valence-electron chi connectivity index (χ1n) is 10.3. The van der Waals surface area contributed by atoms with Gasteiger partial charge < -0.3 is 10.1 Å². The highest BCUT2D eigenvalue weighted by Gasteiger charge is 2.59. The topological polar surface area (TPSA) is 92.8 Å². The van der Waals surface area contributed by atoms with Crippen LogP contribution in [0, 0.1) is 23.7 Å². The molecule has 2 bridgehead atoms. The molecule has 4 atom stereocenters. The third kappa shape index (κ3) is 3.48. The molecule has 7 nitrogen and oxygen atoms in total. The van der Waals surface area contributed by atoms with Crippen LogP contribution in [-0.2, 0) is 19.1 Å². The number of hydrogen-bond donors (Lipinski definition) is 1. The molecule has 8 heteroatoms. The van der Waals surface area contributed by atoms with E-state index in [0.717, 1.165) is 6.42 Å². The summed E-state index contributed by atoms with van der Waals surface area (Å²) in [7, 11) is 0. The van der Waals surface area contributed by atoms with Crippen molar-refractivity contribution < 1.29 is 23.9 Å². The van der Waals surface area contributed by atoms with Crippen molar-refractivity contribution in [3.8, 4) is 0 Å². The van der Waals surface area contributed by atoms with Crippen LogP contribution in [0.4, 0.5) is 11.4 Å². The number of nitrogens with zero attached hydrogens (tertiary/aromatic N) is 1.